The first-order valence-electron chi connectivity index (χ1n) is 19.9. The molecule has 5 nitrogen and oxygen atoms in total. The van der Waals surface area contributed by atoms with Gasteiger partial charge in [-0.05, 0) is 84.1 Å². The van der Waals surface area contributed by atoms with Gasteiger partial charge in [-0.15, -0.1) is 0 Å². The van der Waals surface area contributed by atoms with E-state index in [1.807, 2.05) is 0 Å². The topological polar surface area (TPSA) is 68.4 Å². The van der Waals surface area contributed by atoms with Crippen molar-refractivity contribution in [1.82, 2.24) is 10.6 Å². The summed E-state index contributed by atoms with van der Waals surface area (Å²) in [5.74, 6) is 0. The summed E-state index contributed by atoms with van der Waals surface area (Å²) < 4.78 is 2.60. The van der Waals surface area contributed by atoms with Crippen molar-refractivity contribution in [2.45, 2.75) is 224 Å². The second-order valence-corrected chi connectivity index (χ2v) is 15.4. The van der Waals surface area contributed by atoms with E-state index in [0.29, 0.717) is 12.1 Å². The van der Waals surface area contributed by atoms with Gasteiger partial charge in [0.05, 0.1) is 12.2 Å². The van der Waals surface area contributed by atoms with E-state index in [2.05, 4.69) is 41.3 Å². The van der Waals surface area contributed by atoms with E-state index in [1.54, 1.807) is 16.8 Å². The lowest BCUT2D eigenvalue weighted by molar-refractivity contribution is -0.691. The van der Waals surface area contributed by atoms with Crippen molar-refractivity contribution < 1.29 is 14.8 Å². The molecule has 1 aromatic heterocycles. The van der Waals surface area contributed by atoms with Crippen LogP contribution in [0, 0.1) is 0 Å². The molecule has 3 aliphatic heterocycles. The van der Waals surface area contributed by atoms with Gasteiger partial charge < -0.3 is 20.8 Å². The van der Waals surface area contributed by atoms with Gasteiger partial charge in [-0.25, -0.2) is 4.57 Å². The van der Waals surface area contributed by atoms with Crippen molar-refractivity contribution in [3.8, 4) is 0 Å². The molecule has 0 bridgehead atoms. The van der Waals surface area contributed by atoms with Crippen LogP contribution in [0.3, 0.4) is 0 Å². The zero-order chi connectivity index (χ0) is 31.7. The minimum atomic E-state index is -0.146. The predicted octanol–water partition coefficient (Wildman–Crippen LogP) is 8.03. The van der Waals surface area contributed by atoms with E-state index in [0.717, 1.165) is 25.7 Å². The minimum absolute atomic E-state index is 0.146. The molecule has 0 spiro atoms. The molecule has 258 valence electrons. The highest BCUT2D eigenvalue weighted by Crippen LogP contribution is 2.22. The molecule has 0 aromatic carbocycles. The van der Waals surface area contributed by atoms with Gasteiger partial charge in [-0.3, -0.25) is 0 Å². The molecule has 0 aliphatic carbocycles. The smallest absolute Gasteiger partial charge is 0.184 e. The van der Waals surface area contributed by atoms with Crippen molar-refractivity contribution in [3.63, 3.8) is 0 Å². The van der Waals surface area contributed by atoms with Gasteiger partial charge in [0.1, 0.15) is 6.54 Å². The molecule has 4 N–H and O–H groups in total. The fourth-order valence-corrected chi connectivity index (χ4v) is 8.46. The van der Waals surface area contributed by atoms with Crippen LogP contribution in [0.1, 0.15) is 178 Å². The molecule has 1 aromatic rings. The number of unbranched alkanes of at least 4 members (excludes halogenated alkanes) is 14. The van der Waals surface area contributed by atoms with Crippen molar-refractivity contribution in [2.75, 3.05) is 0 Å². The van der Waals surface area contributed by atoms with E-state index in [1.165, 1.54) is 148 Å². The van der Waals surface area contributed by atoms with Gasteiger partial charge in [0.2, 0.25) is 0 Å². The number of hydrogen-bond acceptors (Lipinski definition) is 4. The summed E-state index contributed by atoms with van der Waals surface area (Å²) in [6.45, 7) is 5.47. The zero-order valence-corrected chi connectivity index (χ0v) is 29.6. The summed E-state index contributed by atoms with van der Waals surface area (Å²) in [4.78, 5) is 0. The van der Waals surface area contributed by atoms with Gasteiger partial charge >= 0.3 is 0 Å². The number of nitrogens with zero attached hydrogens (tertiary/aromatic N) is 1. The number of hydrogen-bond donors (Lipinski definition) is 4. The third-order valence-electron chi connectivity index (χ3n) is 11.5. The Balaban J connectivity index is 0.983. The average Bonchev–Trinajstić information content (AvgIpc) is 3.51. The molecule has 0 unspecified atom stereocenters. The first-order chi connectivity index (χ1) is 22.0. The van der Waals surface area contributed by atoms with E-state index in [4.69, 9.17) is 0 Å². The Hall–Kier alpha value is -1.01. The summed E-state index contributed by atoms with van der Waals surface area (Å²) in [7, 11) is 0. The molecular formula is C40H72N3O2+. The molecule has 5 heteroatoms. The Kier molecular flexibility index (Phi) is 17.2. The van der Waals surface area contributed by atoms with Crippen molar-refractivity contribution in [3.05, 3.63) is 29.1 Å². The predicted molar refractivity (Wildman–Crippen MR) is 189 cm³/mol. The summed E-state index contributed by atoms with van der Waals surface area (Å²) in [6.07, 6.45) is 36.2. The molecule has 4 heterocycles. The van der Waals surface area contributed by atoms with Gasteiger partial charge in [-0.2, -0.15) is 0 Å². The number of aliphatic hydroxyl groups excluding tert-OH is 2. The molecule has 0 radical (unpaired) electrons. The maximum absolute atomic E-state index is 9.89. The average molecular weight is 627 g/mol. The molecule has 6 atom stereocenters. The lowest BCUT2D eigenvalue weighted by atomic mass is 9.93. The molecule has 45 heavy (non-hydrogen) atoms. The van der Waals surface area contributed by atoms with Crippen LogP contribution < -0.4 is 15.2 Å². The molecule has 2 fully saturated rings. The first-order valence-corrected chi connectivity index (χ1v) is 19.9. The standard InChI is InChI=1S/C40H72N3O2/c1-32-39(44)27-25-36(41-32)22-17-13-9-5-3-7-11-15-20-34-30-35(38-24-19-29-43(38)31-34)21-16-12-8-4-6-10-14-18-23-37-26-28-40(45)33(2)42-37/h30-33,36-37,39-42,44-45H,3-29H2,1-2H3/q+1/t32-,33-,36+,37+,39+,40+/m0/s1. The Morgan fingerprint density at radius 1 is 0.622 bits per heavy atom. The SMILES string of the molecule is C[C@@H]1N[C@H](CCCCCCCCCCc2cc(CCCCCCCCCC[C@@H]3CC[C@@H](O)[C@H](C)N3)c3[n+](c2)CCC3)CC[C@H]1O. The molecule has 4 rings (SSSR count). The summed E-state index contributed by atoms with van der Waals surface area (Å²) >= 11 is 0. The van der Waals surface area contributed by atoms with E-state index in [9.17, 15) is 10.2 Å². The molecule has 3 aliphatic rings. The molecule has 0 amide bonds. The summed E-state index contributed by atoms with van der Waals surface area (Å²) in [6, 6.07) is 4.38. The second-order valence-electron chi connectivity index (χ2n) is 15.4. The number of rotatable bonds is 22. The van der Waals surface area contributed by atoms with Crippen LogP contribution in [-0.4, -0.2) is 46.6 Å². The summed E-state index contributed by atoms with van der Waals surface area (Å²) in [5.41, 5.74) is 4.89. The van der Waals surface area contributed by atoms with Gasteiger partial charge in [0, 0.05) is 48.1 Å². The number of aliphatic hydroxyl groups is 2. The zero-order valence-electron chi connectivity index (χ0n) is 29.6. The summed E-state index contributed by atoms with van der Waals surface area (Å²) in [5, 5.41) is 27.0. The molecular weight excluding hydrogens is 554 g/mol. The van der Waals surface area contributed by atoms with Crippen molar-refractivity contribution in [2.24, 2.45) is 0 Å². The number of aryl methyl sites for hydroxylation is 3. The highest BCUT2D eigenvalue weighted by Gasteiger charge is 2.26. The van der Waals surface area contributed by atoms with Crippen LogP contribution in [0.2, 0.25) is 0 Å². The number of fused-ring (bicyclic) bond motifs is 1. The Labute approximate surface area is 277 Å². The quantitative estimate of drug-likeness (QED) is 0.0777. The molecule has 2 saturated heterocycles. The fraction of sp³-hybridized carbons (Fsp3) is 0.875. The largest absolute Gasteiger partial charge is 0.392 e. The Morgan fingerprint density at radius 2 is 1.09 bits per heavy atom. The number of pyridine rings is 1. The number of piperidine rings is 2. The Bertz CT molecular complexity index is 938. The Morgan fingerprint density at radius 3 is 1.60 bits per heavy atom. The monoisotopic (exact) mass is 627 g/mol. The van der Waals surface area contributed by atoms with E-state index >= 15 is 0 Å². The van der Waals surface area contributed by atoms with E-state index < -0.39 is 0 Å². The van der Waals surface area contributed by atoms with Crippen LogP contribution in [0.15, 0.2) is 12.3 Å². The minimum Gasteiger partial charge on any atom is -0.392 e. The van der Waals surface area contributed by atoms with Crippen molar-refractivity contribution in [1.29, 1.82) is 0 Å². The number of nitrogens with one attached hydrogen (secondary N) is 2. The first kappa shape index (κ1) is 36.8. The normalized spacial score (nSPS) is 26.8. The van der Waals surface area contributed by atoms with Crippen LogP contribution >= 0.6 is 0 Å². The van der Waals surface area contributed by atoms with Gasteiger partial charge in [-0.1, -0.05) is 89.9 Å². The molecule has 0 saturated carbocycles. The highest BCUT2D eigenvalue weighted by atomic mass is 16.3. The van der Waals surface area contributed by atoms with Crippen LogP contribution in [0.4, 0.5) is 0 Å². The lowest BCUT2D eigenvalue weighted by Gasteiger charge is -2.32. The second kappa shape index (κ2) is 21.1. The van der Waals surface area contributed by atoms with Crippen LogP contribution in [0.25, 0.3) is 0 Å². The third kappa shape index (κ3) is 13.6. The van der Waals surface area contributed by atoms with Gasteiger partial charge in [0.15, 0.2) is 11.9 Å². The van der Waals surface area contributed by atoms with Crippen LogP contribution in [0.5, 0.6) is 0 Å². The fourth-order valence-electron chi connectivity index (χ4n) is 8.46. The maximum atomic E-state index is 9.89. The van der Waals surface area contributed by atoms with Crippen molar-refractivity contribution >= 4 is 0 Å². The third-order valence-corrected chi connectivity index (χ3v) is 11.5. The lowest BCUT2D eigenvalue weighted by Crippen LogP contribution is -2.48. The number of aromatic nitrogens is 1. The van der Waals surface area contributed by atoms with Gasteiger partial charge in [0.25, 0.3) is 0 Å². The van der Waals surface area contributed by atoms with E-state index in [-0.39, 0.29) is 24.3 Å². The van der Waals surface area contributed by atoms with Crippen LogP contribution in [-0.2, 0) is 25.8 Å². The maximum Gasteiger partial charge on any atom is 0.184 e. The highest BCUT2D eigenvalue weighted by molar-refractivity contribution is 5.23.